The van der Waals surface area contributed by atoms with E-state index >= 15 is 0 Å². The first-order valence-corrected chi connectivity index (χ1v) is 10.2. The van der Waals surface area contributed by atoms with Crippen molar-refractivity contribution in [2.24, 2.45) is 0 Å². The highest BCUT2D eigenvalue weighted by Gasteiger charge is 2.37. The Bertz CT molecular complexity index is 1470. The van der Waals surface area contributed by atoms with Crippen LogP contribution in [-0.2, 0) is 9.59 Å². The predicted molar refractivity (Wildman–Crippen MR) is 122 cm³/mol. The van der Waals surface area contributed by atoms with E-state index in [0.29, 0.717) is 11.1 Å². The van der Waals surface area contributed by atoms with Crippen LogP contribution in [0.4, 0.5) is 0 Å². The lowest BCUT2D eigenvalue weighted by Gasteiger charge is -2.18. The zero-order chi connectivity index (χ0) is 21.2. The molecule has 0 amide bonds. The maximum Gasteiger partial charge on any atom is 0.207 e. The quantitative estimate of drug-likeness (QED) is 0.378. The monoisotopic (exact) mass is 434 g/mol. The fourth-order valence-corrected chi connectivity index (χ4v) is 4.78. The van der Waals surface area contributed by atoms with Crippen LogP contribution in [0.1, 0.15) is 22.4 Å². The number of allylic oxidation sites excluding steroid dienone is 4. The third-order valence-corrected chi connectivity index (χ3v) is 6.35. The number of ketones is 2. The van der Waals surface area contributed by atoms with E-state index in [4.69, 9.17) is 23.2 Å². The largest absolute Gasteiger partial charge is 0.360 e. The molecule has 30 heavy (non-hydrogen) atoms. The first-order valence-electron chi connectivity index (χ1n) is 9.43. The molecule has 4 nitrogen and oxygen atoms in total. The zero-order valence-electron chi connectivity index (χ0n) is 16.2. The van der Waals surface area contributed by atoms with Crippen LogP contribution in [0.25, 0.3) is 33.0 Å². The van der Waals surface area contributed by atoms with Crippen LogP contribution in [0.2, 0.25) is 0 Å². The average Bonchev–Trinajstić information content (AvgIpc) is 3.29. The second-order valence-electron chi connectivity index (χ2n) is 7.41. The number of H-pyrrole nitrogens is 2. The fourth-order valence-electron chi connectivity index (χ4n) is 4.22. The number of nitrogens with one attached hydrogen (secondary N) is 2. The van der Waals surface area contributed by atoms with E-state index in [9.17, 15) is 9.59 Å². The Morgan fingerprint density at radius 1 is 0.800 bits per heavy atom. The van der Waals surface area contributed by atoms with Gasteiger partial charge >= 0.3 is 0 Å². The van der Waals surface area contributed by atoms with Gasteiger partial charge in [0.1, 0.15) is 10.1 Å². The van der Waals surface area contributed by atoms with Crippen LogP contribution in [-0.4, -0.2) is 21.5 Å². The molecule has 0 unspecified atom stereocenters. The Kier molecular flexibility index (Phi) is 4.24. The molecule has 0 fully saturated rings. The van der Waals surface area contributed by atoms with Crippen molar-refractivity contribution in [1.29, 1.82) is 0 Å². The van der Waals surface area contributed by atoms with Crippen LogP contribution < -0.4 is 0 Å². The van der Waals surface area contributed by atoms with E-state index in [0.717, 1.165) is 33.1 Å². The van der Waals surface area contributed by atoms with Crippen molar-refractivity contribution >= 4 is 67.7 Å². The number of aryl methyl sites for hydroxylation is 2. The number of rotatable bonds is 2. The van der Waals surface area contributed by atoms with Crippen LogP contribution in [0.15, 0.2) is 58.7 Å². The second-order valence-corrected chi connectivity index (χ2v) is 8.16. The minimum Gasteiger partial charge on any atom is -0.360 e. The van der Waals surface area contributed by atoms with Crippen molar-refractivity contribution in [3.05, 3.63) is 81.1 Å². The number of benzene rings is 2. The van der Waals surface area contributed by atoms with Crippen molar-refractivity contribution in [1.82, 2.24) is 9.97 Å². The number of fused-ring (bicyclic) bond motifs is 2. The van der Waals surface area contributed by atoms with Crippen molar-refractivity contribution in [3.8, 4) is 0 Å². The smallest absolute Gasteiger partial charge is 0.207 e. The van der Waals surface area contributed by atoms with Gasteiger partial charge in [0.2, 0.25) is 11.6 Å². The van der Waals surface area contributed by atoms with Crippen LogP contribution in [0, 0.1) is 13.8 Å². The molecule has 148 valence electrons. The number of carbonyl (C=O) groups excluding carboxylic acids is 2. The topological polar surface area (TPSA) is 65.7 Å². The summed E-state index contributed by atoms with van der Waals surface area (Å²) < 4.78 is 0. The molecule has 0 saturated carbocycles. The molecule has 2 aromatic heterocycles. The highest BCUT2D eigenvalue weighted by atomic mass is 35.5. The minimum atomic E-state index is -0.455. The van der Waals surface area contributed by atoms with Crippen LogP contribution >= 0.6 is 23.2 Å². The molecule has 2 aromatic carbocycles. The molecule has 0 radical (unpaired) electrons. The Morgan fingerprint density at radius 3 is 2.27 bits per heavy atom. The van der Waals surface area contributed by atoms with Gasteiger partial charge in [-0.1, -0.05) is 59.6 Å². The summed E-state index contributed by atoms with van der Waals surface area (Å²) in [6.45, 7) is 3.82. The molecule has 0 saturated heterocycles. The Balaban J connectivity index is 1.74. The summed E-state index contributed by atoms with van der Waals surface area (Å²) in [5.74, 6) is -0.908. The Hall–Kier alpha value is -3.08. The molecule has 0 atom stereocenters. The van der Waals surface area contributed by atoms with Gasteiger partial charge in [-0.2, -0.15) is 0 Å². The summed E-state index contributed by atoms with van der Waals surface area (Å²) in [5, 5.41) is 1.40. The predicted octanol–water partition coefficient (Wildman–Crippen LogP) is 6.02. The molecular weight excluding hydrogens is 419 g/mol. The molecule has 1 aliphatic carbocycles. The average molecular weight is 435 g/mol. The number of halogens is 2. The third-order valence-electron chi connectivity index (χ3n) is 5.63. The van der Waals surface area contributed by atoms with E-state index in [1.54, 1.807) is 6.20 Å². The standard InChI is InChI=1S/C24H16Cl2N2O2/c1-11-6-5-8-13-15(10-27-22(11)13)18-20(25)24(30)19(21(26)23(18)29)17-12(2)28-16-9-4-3-7-14(16)17/h3-10,27-28H,1-2H3. The van der Waals surface area contributed by atoms with Crippen LogP contribution in [0.5, 0.6) is 0 Å². The molecule has 1 aliphatic rings. The molecule has 0 bridgehead atoms. The summed E-state index contributed by atoms with van der Waals surface area (Å²) in [7, 11) is 0. The zero-order valence-corrected chi connectivity index (χ0v) is 17.7. The van der Waals surface area contributed by atoms with Gasteiger partial charge in [-0.15, -0.1) is 0 Å². The maximum atomic E-state index is 13.4. The van der Waals surface area contributed by atoms with E-state index in [2.05, 4.69) is 9.97 Å². The SMILES string of the molecule is Cc1[nH]c2ccccc2c1C1=C(Cl)C(=O)C(c2c[nH]c3c(C)cccc23)=C(Cl)C1=O. The summed E-state index contributed by atoms with van der Waals surface area (Å²) in [4.78, 5) is 33.1. The highest BCUT2D eigenvalue weighted by Crippen LogP contribution is 2.43. The van der Waals surface area contributed by atoms with Gasteiger partial charge in [0.05, 0.1) is 11.1 Å². The molecule has 0 aliphatic heterocycles. The van der Waals surface area contributed by atoms with Crippen molar-refractivity contribution in [2.45, 2.75) is 13.8 Å². The van der Waals surface area contributed by atoms with Crippen LogP contribution in [0.3, 0.4) is 0 Å². The summed E-state index contributed by atoms with van der Waals surface area (Å²) >= 11 is 13.1. The van der Waals surface area contributed by atoms with Gasteiger partial charge < -0.3 is 9.97 Å². The lowest BCUT2D eigenvalue weighted by molar-refractivity contribution is -0.113. The molecule has 5 rings (SSSR count). The van der Waals surface area contributed by atoms with E-state index in [1.807, 2.05) is 56.3 Å². The number of Topliss-reactive ketones (excluding diaryl/α,β-unsaturated/α-hetero) is 2. The van der Waals surface area contributed by atoms with Gasteiger partial charge in [-0.25, -0.2) is 0 Å². The third kappa shape index (κ3) is 2.54. The number of aromatic nitrogens is 2. The first kappa shape index (κ1) is 18.9. The summed E-state index contributed by atoms with van der Waals surface area (Å²) in [5.41, 5.74) is 4.99. The van der Waals surface area contributed by atoms with Crippen molar-refractivity contribution in [3.63, 3.8) is 0 Å². The molecule has 0 spiro atoms. The van der Waals surface area contributed by atoms with Gasteiger partial charge in [-0.05, 0) is 25.5 Å². The number of aromatic amines is 2. The Labute approximate surface area is 182 Å². The normalized spacial score (nSPS) is 15.2. The lowest BCUT2D eigenvalue weighted by atomic mass is 9.87. The maximum absolute atomic E-state index is 13.4. The molecule has 6 heteroatoms. The van der Waals surface area contributed by atoms with Gasteiger partial charge in [0.15, 0.2) is 0 Å². The molecule has 2 heterocycles. The number of hydrogen-bond acceptors (Lipinski definition) is 2. The van der Waals surface area contributed by atoms with Gasteiger partial charge in [0, 0.05) is 44.8 Å². The van der Waals surface area contributed by atoms with E-state index < -0.39 is 11.6 Å². The van der Waals surface area contributed by atoms with Gasteiger partial charge in [-0.3, -0.25) is 9.59 Å². The van der Waals surface area contributed by atoms with Gasteiger partial charge in [0.25, 0.3) is 0 Å². The molecular formula is C24H16Cl2N2O2. The summed E-state index contributed by atoms with van der Waals surface area (Å²) in [6, 6.07) is 13.3. The highest BCUT2D eigenvalue weighted by molar-refractivity contribution is 6.68. The second kappa shape index (κ2) is 6.73. The lowest BCUT2D eigenvalue weighted by Crippen LogP contribution is -2.19. The molecule has 4 aromatic rings. The fraction of sp³-hybridized carbons (Fsp3) is 0.0833. The van der Waals surface area contributed by atoms with E-state index in [-0.39, 0.29) is 21.2 Å². The Morgan fingerprint density at radius 2 is 1.47 bits per heavy atom. The summed E-state index contributed by atoms with van der Waals surface area (Å²) in [6.07, 6.45) is 1.70. The number of carbonyl (C=O) groups is 2. The number of para-hydroxylation sites is 2. The number of hydrogen-bond donors (Lipinski definition) is 2. The minimum absolute atomic E-state index is 0.116. The van der Waals surface area contributed by atoms with Crippen molar-refractivity contribution in [2.75, 3.05) is 0 Å². The molecule has 2 N–H and O–H groups in total. The first-order chi connectivity index (χ1) is 14.4. The van der Waals surface area contributed by atoms with Crippen molar-refractivity contribution < 1.29 is 9.59 Å². The van der Waals surface area contributed by atoms with E-state index in [1.165, 1.54) is 0 Å².